The second-order valence-electron chi connectivity index (χ2n) is 5.95. The van der Waals surface area contributed by atoms with Gasteiger partial charge in [0.25, 0.3) is 0 Å². The van der Waals surface area contributed by atoms with E-state index in [2.05, 4.69) is 38.3 Å². The standard InChI is InChI=1S/C14H26N2O2/c1-10(14(2,3)4)11-5-6-15-12(9-11)13(18)16-7-8-17/h12,15,17H,5-9H2,1-4H3,(H,16,18)/b11-10-. The van der Waals surface area contributed by atoms with Crippen LogP contribution in [0.3, 0.4) is 0 Å². The Bertz CT molecular complexity index is 329. The number of aliphatic hydroxyl groups excluding tert-OH is 1. The van der Waals surface area contributed by atoms with Crippen LogP contribution in [-0.4, -0.2) is 36.8 Å². The summed E-state index contributed by atoms with van der Waals surface area (Å²) in [5.74, 6) is -0.0111. The summed E-state index contributed by atoms with van der Waals surface area (Å²) in [6.45, 7) is 9.95. The van der Waals surface area contributed by atoms with E-state index < -0.39 is 0 Å². The zero-order valence-corrected chi connectivity index (χ0v) is 12.0. The first kappa shape index (κ1) is 15.2. The minimum absolute atomic E-state index is 0.0111. The number of piperidine rings is 1. The van der Waals surface area contributed by atoms with Gasteiger partial charge < -0.3 is 15.7 Å². The molecule has 0 aromatic rings. The molecule has 0 radical (unpaired) electrons. The quantitative estimate of drug-likeness (QED) is 0.663. The van der Waals surface area contributed by atoms with Gasteiger partial charge >= 0.3 is 0 Å². The Morgan fingerprint density at radius 3 is 2.72 bits per heavy atom. The van der Waals surface area contributed by atoms with Gasteiger partial charge in [-0.1, -0.05) is 31.9 Å². The summed E-state index contributed by atoms with van der Waals surface area (Å²) in [4.78, 5) is 11.9. The van der Waals surface area contributed by atoms with Crippen molar-refractivity contribution in [2.45, 2.75) is 46.6 Å². The Labute approximate surface area is 110 Å². The number of carbonyl (C=O) groups is 1. The van der Waals surface area contributed by atoms with Crippen molar-refractivity contribution >= 4 is 5.91 Å². The molecular weight excluding hydrogens is 228 g/mol. The summed E-state index contributed by atoms with van der Waals surface area (Å²) in [6, 6.07) is -0.155. The maximum atomic E-state index is 11.9. The molecule has 1 amide bonds. The zero-order valence-electron chi connectivity index (χ0n) is 12.0. The lowest BCUT2D eigenvalue weighted by molar-refractivity contribution is -0.123. The Balaban J connectivity index is 2.69. The van der Waals surface area contributed by atoms with Gasteiger partial charge in [0.2, 0.25) is 5.91 Å². The van der Waals surface area contributed by atoms with Crippen molar-refractivity contribution in [3.05, 3.63) is 11.1 Å². The maximum Gasteiger partial charge on any atom is 0.237 e. The Morgan fingerprint density at radius 1 is 1.50 bits per heavy atom. The largest absolute Gasteiger partial charge is 0.395 e. The van der Waals surface area contributed by atoms with Crippen molar-refractivity contribution in [1.29, 1.82) is 0 Å². The fraction of sp³-hybridized carbons (Fsp3) is 0.786. The van der Waals surface area contributed by atoms with Gasteiger partial charge in [0.15, 0.2) is 0 Å². The molecule has 4 nitrogen and oxygen atoms in total. The second kappa shape index (κ2) is 6.34. The number of allylic oxidation sites excluding steroid dienone is 1. The lowest BCUT2D eigenvalue weighted by atomic mass is 9.81. The van der Waals surface area contributed by atoms with E-state index in [0.29, 0.717) is 6.54 Å². The van der Waals surface area contributed by atoms with Gasteiger partial charge in [0, 0.05) is 6.54 Å². The number of hydrogen-bond acceptors (Lipinski definition) is 3. The van der Waals surface area contributed by atoms with Crippen LogP contribution in [0.5, 0.6) is 0 Å². The first-order chi connectivity index (χ1) is 8.36. The lowest BCUT2D eigenvalue weighted by Crippen LogP contribution is -2.48. The van der Waals surface area contributed by atoms with Crippen LogP contribution in [0.4, 0.5) is 0 Å². The van der Waals surface area contributed by atoms with Crippen molar-refractivity contribution in [3.63, 3.8) is 0 Å². The fourth-order valence-electron chi connectivity index (χ4n) is 2.18. The molecule has 1 atom stereocenters. The molecule has 3 N–H and O–H groups in total. The van der Waals surface area contributed by atoms with E-state index in [-0.39, 0.29) is 24.0 Å². The monoisotopic (exact) mass is 254 g/mol. The first-order valence-corrected chi connectivity index (χ1v) is 6.67. The van der Waals surface area contributed by atoms with E-state index in [1.54, 1.807) is 0 Å². The van der Waals surface area contributed by atoms with Crippen molar-refractivity contribution in [1.82, 2.24) is 10.6 Å². The molecule has 104 valence electrons. The second-order valence-corrected chi connectivity index (χ2v) is 5.95. The third-order valence-corrected chi connectivity index (χ3v) is 3.65. The molecule has 1 unspecified atom stereocenters. The van der Waals surface area contributed by atoms with Crippen LogP contribution in [0.25, 0.3) is 0 Å². The number of hydrogen-bond donors (Lipinski definition) is 3. The third-order valence-electron chi connectivity index (χ3n) is 3.65. The molecule has 0 aromatic heterocycles. The molecule has 1 aliphatic rings. The van der Waals surface area contributed by atoms with Gasteiger partial charge in [0.05, 0.1) is 12.6 Å². The van der Waals surface area contributed by atoms with Crippen molar-refractivity contribution in [2.24, 2.45) is 5.41 Å². The summed E-state index contributed by atoms with van der Waals surface area (Å²) in [5, 5.41) is 14.7. The highest BCUT2D eigenvalue weighted by Crippen LogP contribution is 2.31. The summed E-state index contributed by atoms with van der Waals surface area (Å²) < 4.78 is 0. The smallest absolute Gasteiger partial charge is 0.237 e. The van der Waals surface area contributed by atoms with Crippen LogP contribution in [-0.2, 0) is 4.79 Å². The molecule has 0 aromatic carbocycles. The molecule has 0 aliphatic carbocycles. The third kappa shape index (κ3) is 4.10. The molecule has 1 heterocycles. The first-order valence-electron chi connectivity index (χ1n) is 6.67. The van der Waals surface area contributed by atoms with Crippen molar-refractivity contribution < 1.29 is 9.90 Å². The summed E-state index contributed by atoms with van der Waals surface area (Å²) in [5.41, 5.74) is 2.95. The fourth-order valence-corrected chi connectivity index (χ4v) is 2.18. The van der Waals surface area contributed by atoms with E-state index >= 15 is 0 Å². The van der Waals surface area contributed by atoms with Crippen LogP contribution in [0.15, 0.2) is 11.1 Å². The molecule has 0 bridgehead atoms. The van der Waals surface area contributed by atoms with Gasteiger partial charge in [-0.3, -0.25) is 4.79 Å². The molecule has 1 rings (SSSR count). The Morgan fingerprint density at radius 2 is 2.17 bits per heavy atom. The lowest BCUT2D eigenvalue weighted by Gasteiger charge is -2.30. The van der Waals surface area contributed by atoms with Gasteiger partial charge in [-0.05, 0) is 31.7 Å². The molecule has 4 heteroatoms. The molecule has 1 fully saturated rings. The highest BCUT2D eigenvalue weighted by atomic mass is 16.3. The average Bonchev–Trinajstić information content (AvgIpc) is 2.34. The predicted octanol–water partition coefficient (Wildman–Crippen LogP) is 1.21. The molecule has 1 aliphatic heterocycles. The van der Waals surface area contributed by atoms with Crippen LogP contribution in [0.2, 0.25) is 0 Å². The maximum absolute atomic E-state index is 11.9. The van der Waals surface area contributed by atoms with Crippen LogP contribution < -0.4 is 10.6 Å². The van der Waals surface area contributed by atoms with E-state index in [0.717, 1.165) is 19.4 Å². The summed E-state index contributed by atoms with van der Waals surface area (Å²) in [6.07, 6.45) is 1.80. The van der Waals surface area contributed by atoms with Gasteiger partial charge in [-0.25, -0.2) is 0 Å². The molecule has 0 spiro atoms. The number of carbonyl (C=O) groups excluding carboxylic acids is 1. The number of rotatable bonds is 3. The van der Waals surface area contributed by atoms with Crippen LogP contribution >= 0.6 is 0 Å². The van der Waals surface area contributed by atoms with E-state index in [4.69, 9.17) is 5.11 Å². The predicted molar refractivity (Wildman–Crippen MR) is 73.3 cm³/mol. The minimum Gasteiger partial charge on any atom is -0.395 e. The van der Waals surface area contributed by atoms with Crippen molar-refractivity contribution in [3.8, 4) is 0 Å². The normalized spacial score (nSPS) is 23.7. The Hall–Kier alpha value is -0.870. The number of aliphatic hydroxyl groups is 1. The molecule has 18 heavy (non-hydrogen) atoms. The van der Waals surface area contributed by atoms with E-state index in [1.807, 2.05) is 0 Å². The minimum atomic E-state index is -0.155. The molecule has 0 saturated carbocycles. The topological polar surface area (TPSA) is 61.4 Å². The van der Waals surface area contributed by atoms with Crippen LogP contribution in [0, 0.1) is 5.41 Å². The van der Waals surface area contributed by atoms with Gasteiger partial charge in [-0.15, -0.1) is 0 Å². The van der Waals surface area contributed by atoms with E-state index in [1.165, 1.54) is 11.1 Å². The van der Waals surface area contributed by atoms with Crippen LogP contribution in [0.1, 0.15) is 40.5 Å². The molecule has 1 saturated heterocycles. The number of nitrogens with one attached hydrogen (secondary N) is 2. The van der Waals surface area contributed by atoms with Crippen molar-refractivity contribution in [2.75, 3.05) is 19.7 Å². The number of amides is 1. The summed E-state index contributed by atoms with van der Waals surface area (Å²) >= 11 is 0. The SMILES string of the molecule is C/C(=C1\CCNC(C(=O)NCCO)C1)C(C)(C)C. The summed E-state index contributed by atoms with van der Waals surface area (Å²) in [7, 11) is 0. The van der Waals surface area contributed by atoms with E-state index in [9.17, 15) is 4.79 Å². The highest BCUT2D eigenvalue weighted by Gasteiger charge is 2.26. The van der Waals surface area contributed by atoms with Gasteiger partial charge in [0.1, 0.15) is 0 Å². The van der Waals surface area contributed by atoms with Gasteiger partial charge in [-0.2, -0.15) is 0 Å². The zero-order chi connectivity index (χ0) is 13.8. The molecular formula is C14H26N2O2. The average molecular weight is 254 g/mol. The Kier molecular flexibility index (Phi) is 5.35. The highest BCUT2D eigenvalue weighted by molar-refractivity contribution is 5.82.